The lowest BCUT2D eigenvalue weighted by atomic mass is 9.95. The third-order valence-electron chi connectivity index (χ3n) is 4.81. The summed E-state index contributed by atoms with van der Waals surface area (Å²) in [5.74, 6) is -2.06. The van der Waals surface area contributed by atoms with Crippen LogP contribution in [0.5, 0.6) is 0 Å². The van der Waals surface area contributed by atoms with E-state index in [1.807, 2.05) is 0 Å². The van der Waals surface area contributed by atoms with Gasteiger partial charge in [0, 0.05) is 12.6 Å². The van der Waals surface area contributed by atoms with Gasteiger partial charge in [-0.3, -0.25) is 4.79 Å². The zero-order chi connectivity index (χ0) is 18.0. The van der Waals surface area contributed by atoms with Crippen molar-refractivity contribution in [2.24, 2.45) is 0 Å². The number of sulfonamides is 1. The number of furan rings is 1. The van der Waals surface area contributed by atoms with E-state index in [1.54, 1.807) is 0 Å². The van der Waals surface area contributed by atoms with Crippen molar-refractivity contribution in [3.8, 4) is 0 Å². The van der Waals surface area contributed by atoms with Gasteiger partial charge >= 0.3 is 5.97 Å². The molecule has 2 heterocycles. The van der Waals surface area contributed by atoms with E-state index >= 15 is 0 Å². The largest absolute Gasteiger partial charge is 0.475 e. The van der Waals surface area contributed by atoms with Crippen LogP contribution >= 0.6 is 0 Å². The Morgan fingerprint density at radius 3 is 2.48 bits per heavy atom. The Morgan fingerprint density at radius 1 is 1.12 bits per heavy atom. The molecule has 8 nitrogen and oxygen atoms in total. The number of carbonyl (C=O) groups excluding carboxylic acids is 1. The van der Waals surface area contributed by atoms with Gasteiger partial charge in [0.1, 0.15) is 6.04 Å². The van der Waals surface area contributed by atoms with Crippen LogP contribution in [0.4, 0.5) is 0 Å². The molecule has 1 atom stereocenters. The Kier molecular flexibility index (Phi) is 5.14. The highest BCUT2D eigenvalue weighted by Gasteiger charge is 2.41. The van der Waals surface area contributed by atoms with Gasteiger partial charge in [0.2, 0.25) is 16.8 Å². The van der Waals surface area contributed by atoms with E-state index in [2.05, 4.69) is 5.32 Å². The summed E-state index contributed by atoms with van der Waals surface area (Å²) in [5, 5.41) is 11.4. The van der Waals surface area contributed by atoms with Crippen LogP contribution in [-0.4, -0.2) is 48.3 Å². The van der Waals surface area contributed by atoms with Gasteiger partial charge in [-0.2, -0.15) is 4.31 Å². The van der Waals surface area contributed by atoms with Crippen LogP contribution in [0.15, 0.2) is 21.6 Å². The summed E-state index contributed by atoms with van der Waals surface area (Å²) in [4.78, 5) is 23.5. The van der Waals surface area contributed by atoms with Crippen molar-refractivity contribution < 1.29 is 27.5 Å². The number of nitrogens with zero attached hydrogens (tertiary/aromatic N) is 1. The van der Waals surface area contributed by atoms with Gasteiger partial charge in [0.15, 0.2) is 0 Å². The van der Waals surface area contributed by atoms with Crippen LogP contribution in [0.3, 0.4) is 0 Å². The molecular weight excluding hydrogens is 348 g/mol. The minimum atomic E-state index is -4.04. The summed E-state index contributed by atoms with van der Waals surface area (Å²) < 4.78 is 31.5. The molecule has 2 fully saturated rings. The lowest BCUT2D eigenvalue weighted by Gasteiger charge is -2.27. The molecule has 1 aromatic heterocycles. The molecule has 9 heteroatoms. The molecule has 1 aromatic rings. The first-order valence-electron chi connectivity index (χ1n) is 8.55. The highest BCUT2D eigenvalue weighted by atomic mass is 32.2. The number of aromatic carboxylic acids is 1. The Morgan fingerprint density at radius 2 is 1.84 bits per heavy atom. The van der Waals surface area contributed by atoms with Crippen molar-refractivity contribution >= 4 is 21.9 Å². The SMILES string of the molecule is O=C(O)c1ccc(S(=O)(=O)N2CCCC2C(=O)NC2CCCCC2)o1. The van der Waals surface area contributed by atoms with Gasteiger partial charge in [0.25, 0.3) is 10.0 Å². The standard InChI is InChI=1S/C16H22N2O6S/c19-15(17-11-5-2-1-3-6-11)12-7-4-10-18(12)25(22,23)14-9-8-13(24-14)16(20)21/h8-9,11-12H,1-7,10H2,(H,17,19)(H,20,21). The summed E-state index contributed by atoms with van der Waals surface area (Å²) in [7, 11) is -4.04. The van der Waals surface area contributed by atoms with Crippen molar-refractivity contribution in [2.75, 3.05) is 6.54 Å². The average molecular weight is 370 g/mol. The molecule has 25 heavy (non-hydrogen) atoms. The molecule has 0 spiro atoms. The highest BCUT2D eigenvalue weighted by Crippen LogP contribution is 2.28. The summed E-state index contributed by atoms with van der Waals surface area (Å²) in [5.41, 5.74) is 0. The first-order chi connectivity index (χ1) is 11.9. The second kappa shape index (κ2) is 7.17. The van der Waals surface area contributed by atoms with Crippen molar-refractivity contribution in [3.63, 3.8) is 0 Å². The molecule has 1 amide bonds. The molecule has 1 aliphatic carbocycles. The van der Waals surface area contributed by atoms with Gasteiger partial charge in [-0.15, -0.1) is 0 Å². The van der Waals surface area contributed by atoms with Gasteiger partial charge < -0.3 is 14.8 Å². The van der Waals surface area contributed by atoms with Crippen LogP contribution in [0.1, 0.15) is 55.5 Å². The van der Waals surface area contributed by atoms with Gasteiger partial charge in [0.05, 0.1) is 0 Å². The van der Waals surface area contributed by atoms with E-state index in [0.29, 0.717) is 12.8 Å². The van der Waals surface area contributed by atoms with E-state index in [4.69, 9.17) is 9.52 Å². The molecule has 0 aromatic carbocycles. The zero-order valence-corrected chi connectivity index (χ0v) is 14.6. The summed E-state index contributed by atoms with van der Waals surface area (Å²) >= 11 is 0. The fraction of sp³-hybridized carbons (Fsp3) is 0.625. The second-order valence-electron chi connectivity index (χ2n) is 6.54. The van der Waals surface area contributed by atoms with E-state index in [1.165, 1.54) is 6.42 Å². The smallest absolute Gasteiger partial charge is 0.371 e. The van der Waals surface area contributed by atoms with Crippen molar-refractivity contribution in [2.45, 2.75) is 62.1 Å². The number of rotatable bonds is 5. The predicted molar refractivity (Wildman–Crippen MR) is 87.6 cm³/mol. The topological polar surface area (TPSA) is 117 Å². The summed E-state index contributed by atoms with van der Waals surface area (Å²) in [6.07, 6.45) is 6.18. The molecule has 0 bridgehead atoms. The molecule has 1 saturated carbocycles. The minimum Gasteiger partial charge on any atom is -0.475 e. The van der Waals surface area contributed by atoms with Gasteiger partial charge in [-0.1, -0.05) is 19.3 Å². The monoisotopic (exact) mass is 370 g/mol. The Hall–Kier alpha value is -1.87. The molecule has 2 N–H and O–H groups in total. The fourth-order valence-corrected chi connectivity index (χ4v) is 5.10. The maximum Gasteiger partial charge on any atom is 0.371 e. The molecule has 2 aliphatic rings. The maximum atomic E-state index is 12.7. The molecule has 3 rings (SSSR count). The maximum absolute atomic E-state index is 12.7. The number of amides is 1. The quantitative estimate of drug-likeness (QED) is 0.813. The number of hydrogen-bond acceptors (Lipinski definition) is 5. The third kappa shape index (κ3) is 3.72. The lowest BCUT2D eigenvalue weighted by Crippen LogP contribution is -2.49. The Bertz CT molecular complexity index is 750. The second-order valence-corrected chi connectivity index (χ2v) is 8.36. The normalized spacial score (nSPS) is 22.8. The Balaban J connectivity index is 1.75. The fourth-order valence-electron chi connectivity index (χ4n) is 3.52. The number of carbonyl (C=O) groups is 2. The summed E-state index contributed by atoms with van der Waals surface area (Å²) in [6, 6.07) is 1.55. The number of carboxylic acids is 1. The summed E-state index contributed by atoms with van der Waals surface area (Å²) in [6.45, 7) is 0.216. The van der Waals surface area contributed by atoms with E-state index in [9.17, 15) is 18.0 Å². The first-order valence-corrected chi connectivity index (χ1v) is 9.99. The van der Waals surface area contributed by atoms with E-state index < -0.39 is 32.9 Å². The first kappa shape index (κ1) is 17.9. The van der Waals surface area contributed by atoms with Crippen molar-refractivity contribution in [1.29, 1.82) is 0 Å². The minimum absolute atomic E-state index is 0.105. The van der Waals surface area contributed by atoms with Crippen LogP contribution in [-0.2, 0) is 14.8 Å². The van der Waals surface area contributed by atoms with Crippen LogP contribution < -0.4 is 5.32 Å². The van der Waals surface area contributed by atoms with Gasteiger partial charge in [-0.25, -0.2) is 13.2 Å². The molecule has 1 aliphatic heterocycles. The van der Waals surface area contributed by atoms with Gasteiger partial charge in [-0.05, 0) is 37.8 Å². The number of nitrogens with one attached hydrogen (secondary N) is 1. The van der Waals surface area contributed by atoms with Crippen LogP contribution in [0.2, 0.25) is 0 Å². The molecule has 1 saturated heterocycles. The third-order valence-corrected chi connectivity index (χ3v) is 6.60. The number of hydrogen-bond donors (Lipinski definition) is 2. The molecule has 0 radical (unpaired) electrons. The predicted octanol–water partition coefficient (Wildman–Crippen LogP) is 1.58. The van der Waals surface area contributed by atoms with E-state index in [0.717, 1.165) is 42.1 Å². The Labute approximate surface area is 146 Å². The van der Waals surface area contributed by atoms with Crippen LogP contribution in [0, 0.1) is 0 Å². The zero-order valence-electron chi connectivity index (χ0n) is 13.8. The molecule has 1 unspecified atom stereocenters. The highest BCUT2D eigenvalue weighted by molar-refractivity contribution is 7.89. The number of carboxylic acid groups (broad SMARTS) is 1. The van der Waals surface area contributed by atoms with Crippen molar-refractivity contribution in [3.05, 3.63) is 17.9 Å². The van der Waals surface area contributed by atoms with Crippen molar-refractivity contribution in [1.82, 2.24) is 9.62 Å². The van der Waals surface area contributed by atoms with E-state index in [-0.39, 0.29) is 18.5 Å². The average Bonchev–Trinajstić information content (AvgIpc) is 3.26. The molecule has 138 valence electrons. The van der Waals surface area contributed by atoms with Crippen LogP contribution in [0.25, 0.3) is 0 Å². The lowest BCUT2D eigenvalue weighted by molar-refractivity contribution is -0.125. The molecular formula is C16H22N2O6S.